The fourth-order valence-electron chi connectivity index (χ4n) is 2.45. The lowest BCUT2D eigenvalue weighted by Gasteiger charge is -2.23. The van der Waals surface area contributed by atoms with Crippen molar-refractivity contribution in [3.05, 3.63) is 21.6 Å². The molecule has 0 aromatic carbocycles. The Morgan fingerprint density at radius 3 is 2.94 bits per heavy atom. The molecule has 1 aromatic heterocycles. The molecule has 1 saturated heterocycles. The lowest BCUT2D eigenvalue weighted by atomic mass is 10.00. The highest BCUT2D eigenvalue weighted by Crippen LogP contribution is 2.10. The van der Waals surface area contributed by atoms with Gasteiger partial charge in [0.15, 0.2) is 0 Å². The highest BCUT2D eigenvalue weighted by molar-refractivity contribution is 5.29. The monoisotopic (exact) mass is 250 g/mol. The second-order valence-electron chi connectivity index (χ2n) is 4.93. The van der Waals surface area contributed by atoms with Crippen molar-refractivity contribution in [2.45, 2.75) is 33.1 Å². The normalized spacial score (nSPS) is 19.8. The van der Waals surface area contributed by atoms with Crippen molar-refractivity contribution in [1.82, 2.24) is 15.3 Å². The molecule has 3 N–H and O–H groups in total. The zero-order chi connectivity index (χ0) is 13.0. The standard InChI is InChI=1S/C13H22N4O/c1-3-11-9(2)16-13(17-12(11)18)15-8-10-5-4-6-14-7-10/h10,14H,3-8H2,1-2H3,(H2,15,16,17,18). The molecule has 1 unspecified atom stereocenters. The van der Waals surface area contributed by atoms with Gasteiger partial charge in [-0.1, -0.05) is 6.92 Å². The van der Waals surface area contributed by atoms with Crippen molar-refractivity contribution in [3.63, 3.8) is 0 Å². The third kappa shape index (κ3) is 3.10. The topological polar surface area (TPSA) is 69.8 Å². The maximum atomic E-state index is 11.8. The summed E-state index contributed by atoms with van der Waals surface area (Å²) in [6, 6.07) is 0. The summed E-state index contributed by atoms with van der Waals surface area (Å²) in [5.74, 6) is 1.22. The average Bonchev–Trinajstić information content (AvgIpc) is 2.37. The number of aryl methyl sites for hydroxylation is 1. The van der Waals surface area contributed by atoms with Gasteiger partial charge >= 0.3 is 0 Å². The first-order valence-corrected chi connectivity index (χ1v) is 6.75. The van der Waals surface area contributed by atoms with E-state index < -0.39 is 0 Å². The van der Waals surface area contributed by atoms with Crippen molar-refractivity contribution < 1.29 is 0 Å². The van der Waals surface area contributed by atoms with Crippen LogP contribution >= 0.6 is 0 Å². The van der Waals surface area contributed by atoms with Crippen LogP contribution in [0.1, 0.15) is 31.0 Å². The fourth-order valence-corrected chi connectivity index (χ4v) is 2.45. The lowest BCUT2D eigenvalue weighted by molar-refractivity contribution is 0.392. The van der Waals surface area contributed by atoms with Crippen molar-refractivity contribution in [3.8, 4) is 0 Å². The molecule has 1 aliphatic heterocycles. The second-order valence-corrected chi connectivity index (χ2v) is 4.93. The summed E-state index contributed by atoms with van der Waals surface area (Å²) in [5.41, 5.74) is 1.58. The van der Waals surface area contributed by atoms with Gasteiger partial charge in [-0.2, -0.15) is 0 Å². The Kier molecular flexibility index (Phi) is 4.36. The number of anilines is 1. The SMILES string of the molecule is CCc1c(C)nc(NCC2CCCNC2)[nH]c1=O. The predicted molar refractivity (Wildman–Crippen MR) is 73.1 cm³/mol. The van der Waals surface area contributed by atoms with Crippen molar-refractivity contribution >= 4 is 5.95 Å². The molecule has 1 fully saturated rings. The van der Waals surface area contributed by atoms with E-state index in [9.17, 15) is 4.79 Å². The molecule has 1 aliphatic rings. The molecule has 1 aromatic rings. The Morgan fingerprint density at radius 1 is 1.50 bits per heavy atom. The van der Waals surface area contributed by atoms with Gasteiger partial charge in [0.1, 0.15) is 0 Å². The van der Waals surface area contributed by atoms with E-state index in [1.54, 1.807) is 0 Å². The number of hydrogen-bond acceptors (Lipinski definition) is 4. The molecule has 0 radical (unpaired) electrons. The number of rotatable bonds is 4. The van der Waals surface area contributed by atoms with E-state index in [1.807, 2.05) is 13.8 Å². The molecular formula is C13H22N4O. The van der Waals surface area contributed by atoms with Crippen LogP contribution in [0.15, 0.2) is 4.79 Å². The van der Waals surface area contributed by atoms with E-state index in [2.05, 4.69) is 20.6 Å². The van der Waals surface area contributed by atoms with Gasteiger partial charge in [-0.25, -0.2) is 4.98 Å². The molecule has 0 amide bonds. The maximum absolute atomic E-state index is 11.8. The molecule has 2 heterocycles. The maximum Gasteiger partial charge on any atom is 0.255 e. The Balaban J connectivity index is 1.99. The van der Waals surface area contributed by atoms with Crippen molar-refractivity contribution in [1.29, 1.82) is 0 Å². The van der Waals surface area contributed by atoms with Gasteiger partial charge in [0.2, 0.25) is 5.95 Å². The highest BCUT2D eigenvalue weighted by Gasteiger charge is 2.13. The summed E-state index contributed by atoms with van der Waals surface area (Å²) in [7, 11) is 0. The van der Waals surface area contributed by atoms with E-state index in [-0.39, 0.29) is 5.56 Å². The van der Waals surface area contributed by atoms with Crippen LogP contribution in [-0.4, -0.2) is 29.6 Å². The molecule has 1 atom stereocenters. The van der Waals surface area contributed by atoms with Gasteiger partial charge in [0.25, 0.3) is 5.56 Å². The van der Waals surface area contributed by atoms with Gasteiger partial charge in [-0.15, -0.1) is 0 Å². The summed E-state index contributed by atoms with van der Waals surface area (Å²) in [5, 5.41) is 6.62. The molecule has 100 valence electrons. The van der Waals surface area contributed by atoms with Gasteiger partial charge in [-0.05, 0) is 45.2 Å². The van der Waals surface area contributed by atoms with Crippen LogP contribution in [0.3, 0.4) is 0 Å². The number of aromatic amines is 1. The van der Waals surface area contributed by atoms with Crippen molar-refractivity contribution in [2.75, 3.05) is 25.0 Å². The number of hydrogen-bond donors (Lipinski definition) is 3. The molecule has 0 saturated carbocycles. The summed E-state index contributed by atoms with van der Waals surface area (Å²) < 4.78 is 0. The molecule has 5 heteroatoms. The molecule has 0 bridgehead atoms. The van der Waals surface area contributed by atoms with Crippen LogP contribution < -0.4 is 16.2 Å². The first-order valence-electron chi connectivity index (χ1n) is 6.75. The minimum atomic E-state index is -0.0192. The number of nitrogens with one attached hydrogen (secondary N) is 3. The Labute approximate surface area is 107 Å². The first kappa shape index (κ1) is 13.1. The highest BCUT2D eigenvalue weighted by atomic mass is 16.1. The quantitative estimate of drug-likeness (QED) is 0.747. The van der Waals surface area contributed by atoms with Gasteiger partial charge in [0.05, 0.1) is 0 Å². The smallest absolute Gasteiger partial charge is 0.255 e. The molecular weight excluding hydrogens is 228 g/mol. The summed E-state index contributed by atoms with van der Waals surface area (Å²) in [6.45, 7) is 6.89. The van der Waals surface area contributed by atoms with Gasteiger partial charge < -0.3 is 10.6 Å². The number of H-pyrrole nitrogens is 1. The largest absolute Gasteiger partial charge is 0.355 e. The molecule has 0 spiro atoms. The lowest BCUT2D eigenvalue weighted by Crippen LogP contribution is -2.34. The first-order chi connectivity index (χ1) is 8.70. The van der Waals surface area contributed by atoms with E-state index >= 15 is 0 Å². The van der Waals surface area contributed by atoms with Crippen molar-refractivity contribution in [2.24, 2.45) is 5.92 Å². The van der Waals surface area contributed by atoms with Crippen LogP contribution in [0, 0.1) is 12.8 Å². The van der Waals surface area contributed by atoms with E-state index in [0.29, 0.717) is 11.9 Å². The summed E-state index contributed by atoms with van der Waals surface area (Å²) >= 11 is 0. The second kappa shape index (κ2) is 6.00. The fraction of sp³-hybridized carbons (Fsp3) is 0.692. The van der Waals surface area contributed by atoms with Crippen LogP contribution in [-0.2, 0) is 6.42 Å². The average molecular weight is 250 g/mol. The summed E-state index contributed by atoms with van der Waals surface area (Å²) in [6.07, 6.45) is 3.18. The third-order valence-electron chi connectivity index (χ3n) is 3.53. The number of piperidine rings is 1. The van der Waals surface area contributed by atoms with Crippen LogP contribution in [0.25, 0.3) is 0 Å². The molecule has 2 rings (SSSR count). The van der Waals surface area contributed by atoms with E-state index in [0.717, 1.165) is 37.3 Å². The molecule has 0 aliphatic carbocycles. The Morgan fingerprint density at radius 2 is 2.33 bits per heavy atom. The molecule has 5 nitrogen and oxygen atoms in total. The van der Waals surface area contributed by atoms with Crippen LogP contribution in [0.5, 0.6) is 0 Å². The number of aromatic nitrogens is 2. The van der Waals surface area contributed by atoms with Crippen LogP contribution in [0.4, 0.5) is 5.95 Å². The van der Waals surface area contributed by atoms with E-state index in [4.69, 9.17) is 0 Å². The zero-order valence-corrected chi connectivity index (χ0v) is 11.2. The zero-order valence-electron chi connectivity index (χ0n) is 11.2. The minimum Gasteiger partial charge on any atom is -0.355 e. The van der Waals surface area contributed by atoms with Gasteiger partial charge in [0, 0.05) is 17.8 Å². The summed E-state index contributed by atoms with van der Waals surface area (Å²) in [4.78, 5) is 19.0. The van der Waals surface area contributed by atoms with E-state index in [1.165, 1.54) is 12.8 Å². The van der Waals surface area contributed by atoms with Gasteiger partial charge in [-0.3, -0.25) is 9.78 Å². The van der Waals surface area contributed by atoms with Crippen LogP contribution in [0.2, 0.25) is 0 Å². The minimum absolute atomic E-state index is 0.0192. The predicted octanol–water partition coefficient (Wildman–Crippen LogP) is 1.05. The Bertz CT molecular complexity index is 449. The third-order valence-corrected chi connectivity index (χ3v) is 3.53. The number of nitrogens with zero attached hydrogens (tertiary/aromatic N) is 1. The molecule has 18 heavy (non-hydrogen) atoms. The Hall–Kier alpha value is -1.36.